The topological polar surface area (TPSA) is 110 Å². The molecule has 10 nitrogen and oxygen atoms in total. The number of nitrogens with one attached hydrogen (secondary N) is 2. The summed E-state index contributed by atoms with van der Waals surface area (Å²) in [5.74, 6) is 1.26. The number of hydrogen-bond donors (Lipinski definition) is 2. The smallest absolute Gasteiger partial charge is 0.312 e. The van der Waals surface area contributed by atoms with Crippen molar-refractivity contribution in [2.45, 2.75) is 0 Å². The first kappa shape index (κ1) is 23.4. The van der Waals surface area contributed by atoms with Crippen LogP contribution in [0, 0.1) is 10.1 Å². The Kier molecular flexibility index (Phi) is 8.72. The van der Waals surface area contributed by atoms with E-state index < -0.39 is 4.92 Å². The molecule has 1 fully saturated rings. The van der Waals surface area contributed by atoms with Crippen molar-refractivity contribution in [2.24, 2.45) is 5.10 Å². The molecular formula is C21H25N5O5S. The predicted octanol–water partition coefficient (Wildman–Crippen LogP) is 2.53. The van der Waals surface area contributed by atoms with Crippen LogP contribution in [0.1, 0.15) is 5.56 Å². The van der Waals surface area contributed by atoms with Crippen molar-refractivity contribution in [1.82, 2.24) is 15.6 Å². The fraction of sp³-hybridized carbons (Fsp3) is 0.333. The van der Waals surface area contributed by atoms with E-state index in [0.717, 1.165) is 32.8 Å². The van der Waals surface area contributed by atoms with E-state index in [0.29, 0.717) is 28.7 Å². The number of hydrazone groups is 1. The summed E-state index contributed by atoms with van der Waals surface area (Å²) in [5.41, 5.74) is 3.08. The molecule has 32 heavy (non-hydrogen) atoms. The lowest BCUT2D eigenvalue weighted by atomic mass is 10.2. The molecule has 0 aliphatic carbocycles. The Morgan fingerprint density at radius 2 is 1.97 bits per heavy atom. The van der Waals surface area contributed by atoms with Gasteiger partial charge in [0.25, 0.3) is 0 Å². The molecule has 2 aromatic rings. The van der Waals surface area contributed by atoms with Crippen LogP contribution in [0.15, 0.2) is 47.6 Å². The molecule has 3 rings (SSSR count). The molecule has 0 radical (unpaired) electrons. The SMILES string of the molecule is COc1ccc(Oc2ccc(/C=N\NC(=S)NCCN3CCOCC3)cc2[N+](=O)[O-])cc1. The Labute approximate surface area is 191 Å². The average Bonchev–Trinajstić information content (AvgIpc) is 2.81. The zero-order valence-electron chi connectivity index (χ0n) is 17.7. The highest BCUT2D eigenvalue weighted by molar-refractivity contribution is 7.80. The number of nitro groups is 1. The number of ether oxygens (including phenoxy) is 3. The summed E-state index contributed by atoms with van der Waals surface area (Å²) in [4.78, 5) is 13.3. The minimum Gasteiger partial charge on any atom is -0.497 e. The highest BCUT2D eigenvalue weighted by Gasteiger charge is 2.16. The molecular weight excluding hydrogens is 434 g/mol. The molecule has 1 aliphatic rings. The van der Waals surface area contributed by atoms with Crippen LogP contribution in [-0.4, -0.2) is 67.7 Å². The highest BCUT2D eigenvalue weighted by Crippen LogP contribution is 2.32. The van der Waals surface area contributed by atoms with E-state index >= 15 is 0 Å². The monoisotopic (exact) mass is 459 g/mol. The summed E-state index contributed by atoms with van der Waals surface area (Å²) in [6.45, 7) is 4.88. The third kappa shape index (κ3) is 7.15. The summed E-state index contributed by atoms with van der Waals surface area (Å²) in [6.07, 6.45) is 1.46. The van der Waals surface area contributed by atoms with Gasteiger partial charge < -0.3 is 19.5 Å². The number of nitrogens with zero attached hydrogens (tertiary/aromatic N) is 3. The number of rotatable bonds is 9. The van der Waals surface area contributed by atoms with Crippen molar-refractivity contribution in [3.05, 3.63) is 58.1 Å². The maximum absolute atomic E-state index is 11.5. The van der Waals surface area contributed by atoms with Crippen molar-refractivity contribution in [3.8, 4) is 17.2 Å². The van der Waals surface area contributed by atoms with Gasteiger partial charge in [-0.3, -0.25) is 20.4 Å². The molecule has 1 heterocycles. The second-order valence-electron chi connectivity index (χ2n) is 6.84. The van der Waals surface area contributed by atoms with Gasteiger partial charge in [-0.2, -0.15) is 5.10 Å². The fourth-order valence-corrected chi connectivity index (χ4v) is 3.13. The maximum atomic E-state index is 11.5. The number of methoxy groups -OCH3 is 1. The van der Waals surface area contributed by atoms with Gasteiger partial charge in [-0.15, -0.1) is 0 Å². The second kappa shape index (κ2) is 11.9. The molecule has 0 unspecified atom stereocenters. The normalized spacial score (nSPS) is 14.2. The fourth-order valence-electron chi connectivity index (χ4n) is 2.97. The van der Waals surface area contributed by atoms with Gasteiger partial charge in [-0.1, -0.05) is 0 Å². The zero-order chi connectivity index (χ0) is 22.8. The van der Waals surface area contributed by atoms with Gasteiger partial charge in [0.1, 0.15) is 11.5 Å². The number of morpholine rings is 1. The van der Waals surface area contributed by atoms with Crippen LogP contribution in [-0.2, 0) is 4.74 Å². The summed E-state index contributed by atoms with van der Waals surface area (Å²) in [6, 6.07) is 11.4. The minimum atomic E-state index is -0.499. The number of benzene rings is 2. The Balaban J connectivity index is 1.53. The summed E-state index contributed by atoms with van der Waals surface area (Å²) in [7, 11) is 1.56. The van der Waals surface area contributed by atoms with Crippen LogP contribution in [0.3, 0.4) is 0 Å². The van der Waals surface area contributed by atoms with Crippen molar-refractivity contribution in [3.63, 3.8) is 0 Å². The van der Waals surface area contributed by atoms with E-state index in [1.165, 1.54) is 18.3 Å². The van der Waals surface area contributed by atoms with Gasteiger partial charge in [0, 0.05) is 37.8 Å². The molecule has 2 aromatic carbocycles. The predicted molar refractivity (Wildman–Crippen MR) is 125 cm³/mol. The standard InChI is InChI=1S/C21H25N5O5S/c1-29-17-3-5-18(6-4-17)31-20-7-2-16(14-19(20)26(27)28)15-23-24-21(32)22-8-9-25-10-12-30-13-11-25/h2-7,14-15H,8-13H2,1H3,(H2,22,24,32)/b23-15-. The first-order chi connectivity index (χ1) is 15.5. The van der Waals surface area contributed by atoms with E-state index in [-0.39, 0.29) is 11.4 Å². The molecule has 1 aliphatic heterocycles. The Bertz CT molecular complexity index is 948. The van der Waals surface area contributed by atoms with E-state index in [2.05, 4.69) is 20.7 Å². The van der Waals surface area contributed by atoms with Gasteiger partial charge in [0.2, 0.25) is 5.75 Å². The summed E-state index contributed by atoms with van der Waals surface area (Å²) < 4.78 is 16.1. The second-order valence-corrected chi connectivity index (χ2v) is 7.25. The molecule has 11 heteroatoms. The minimum absolute atomic E-state index is 0.130. The average molecular weight is 460 g/mol. The summed E-state index contributed by atoms with van der Waals surface area (Å²) >= 11 is 5.20. The van der Waals surface area contributed by atoms with Crippen LogP contribution in [0.5, 0.6) is 17.2 Å². The van der Waals surface area contributed by atoms with E-state index in [1.807, 2.05) is 0 Å². The third-order valence-corrected chi connectivity index (χ3v) is 4.90. The quantitative estimate of drug-likeness (QED) is 0.253. The molecule has 0 amide bonds. The molecule has 1 saturated heterocycles. The number of nitro benzene ring substituents is 1. The zero-order valence-corrected chi connectivity index (χ0v) is 18.5. The Morgan fingerprint density at radius 1 is 1.25 bits per heavy atom. The molecule has 0 bridgehead atoms. The van der Waals surface area contributed by atoms with Crippen molar-refractivity contribution >= 4 is 29.2 Å². The van der Waals surface area contributed by atoms with Gasteiger partial charge in [-0.25, -0.2) is 0 Å². The van der Waals surface area contributed by atoms with Gasteiger partial charge in [-0.05, 0) is 48.6 Å². The van der Waals surface area contributed by atoms with Gasteiger partial charge in [0.15, 0.2) is 5.11 Å². The van der Waals surface area contributed by atoms with E-state index in [9.17, 15) is 10.1 Å². The lowest BCUT2D eigenvalue weighted by molar-refractivity contribution is -0.385. The van der Waals surface area contributed by atoms with Crippen LogP contribution in [0.4, 0.5) is 5.69 Å². The van der Waals surface area contributed by atoms with Crippen LogP contribution in [0.2, 0.25) is 0 Å². The molecule has 0 aromatic heterocycles. The van der Waals surface area contributed by atoms with Gasteiger partial charge in [0.05, 0.1) is 31.5 Å². The lowest BCUT2D eigenvalue weighted by Crippen LogP contribution is -2.42. The first-order valence-corrected chi connectivity index (χ1v) is 10.4. The number of hydrogen-bond acceptors (Lipinski definition) is 8. The molecule has 170 valence electrons. The molecule has 2 N–H and O–H groups in total. The van der Waals surface area contributed by atoms with Crippen molar-refractivity contribution in [2.75, 3.05) is 46.5 Å². The van der Waals surface area contributed by atoms with Crippen LogP contribution in [0.25, 0.3) is 0 Å². The highest BCUT2D eigenvalue weighted by atomic mass is 32.1. The Morgan fingerprint density at radius 3 is 2.66 bits per heavy atom. The molecule has 0 saturated carbocycles. The lowest BCUT2D eigenvalue weighted by Gasteiger charge is -2.26. The van der Waals surface area contributed by atoms with Gasteiger partial charge >= 0.3 is 5.69 Å². The molecule has 0 spiro atoms. The third-order valence-electron chi connectivity index (χ3n) is 4.66. The van der Waals surface area contributed by atoms with E-state index in [4.69, 9.17) is 26.4 Å². The summed E-state index contributed by atoms with van der Waals surface area (Å²) in [5, 5.41) is 19.0. The van der Waals surface area contributed by atoms with Crippen molar-refractivity contribution < 1.29 is 19.1 Å². The molecule has 0 atom stereocenters. The largest absolute Gasteiger partial charge is 0.497 e. The van der Waals surface area contributed by atoms with Crippen LogP contribution < -0.4 is 20.2 Å². The maximum Gasteiger partial charge on any atom is 0.312 e. The first-order valence-electron chi connectivity index (χ1n) is 10.0. The Hall–Kier alpha value is -3.28. The van der Waals surface area contributed by atoms with Crippen LogP contribution >= 0.6 is 12.2 Å². The number of thiocarbonyl (C=S) groups is 1. The van der Waals surface area contributed by atoms with E-state index in [1.54, 1.807) is 37.4 Å². The van der Waals surface area contributed by atoms with Crippen molar-refractivity contribution in [1.29, 1.82) is 0 Å².